The van der Waals surface area contributed by atoms with Crippen molar-refractivity contribution in [3.63, 3.8) is 0 Å². The fourth-order valence-corrected chi connectivity index (χ4v) is 6.22. The van der Waals surface area contributed by atoms with E-state index in [0.717, 1.165) is 46.2 Å². The Bertz CT molecular complexity index is 1330. The summed E-state index contributed by atoms with van der Waals surface area (Å²) < 4.78 is 7.32. The van der Waals surface area contributed by atoms with Gasteiger partial charge in [0.1, 0.15) is 22.8 Å². The summed E-state index contributed by atoms with van der Waals surface area (Å²) in [5, 5.41) is 4.81. The summed E-state index contributed by atoms with van der Waals surface area (Å²) in [7, 11) is 0. The fraction of sp³-hybridized carbons (Fsp3) is 0.423. The monoisotopic (exact) mass is 459 g/mol. The van der Waals surface area contributed by atoms with Crippen molar-refractivity contribution in [2.45, 2.75) is 58.3 Å². The molecule has 170 valence electrons. The maximum Gasteiger partial charge on any atom is 0.148 e. The van der Waals surface area contributed by atoms with E-state index in [-0.39, 0.29) is 11.6 Å². The van der Waals surface area contributed by atoms with E-state index in [2.05, 4.69) is 60.2 Å². The van der Waals surface area contributed by atoms with Gasteiger partial charge < -0.3 is 15.0 Å². The molecule has 1 fully saturated rings. The third-order valence-corrected chi connectivity index (χ3v) is 7.94. The first-order valence-electron chi connectivity index (χ1n) is 11.8. The molecule has 4 aromatic rings. The van der Waals surface area contributed by atoms with Crippen LogP contribution in [0, 0.1) is 0 Å². The summed E-state index contributed by atoms with van der Waals surface area (Å²) in [5.41, 5.74) is 4.63. The Morgan fingerprint density at radius 1 is 1.09 bits per heavy atom. The molecular weight excluding hydrogens is 430 g/mol. The van der Waals surface area contributed by atoms with Crippen LogP contribution in [-0.2, 0) is 17.8 Å². The van der Waals surface area contributed by atoms with Crippen molar-refractivity contribution in [1.29, 1.82) is 0 Å². The number of pyridine rings is 1. The lowest BCUT2D eigenvalue weighted by molar-refractivity contribution is -0.0395. The molecule has 0 saturated carbocycles. The number of aromatic nitrogens is 3. The number of nitrogens with zero attached hydrogens (tertiary/aromatic N) is 4. The normalized spacial score (nSPS) is 18.6. The van der Waals surface area contributed by atoms with Gasteiger partial charge in [-0.1, -0.05) is 30.3 Å². The van der Waals surface area contributed by atoms with Crippen molar-refractivity contribution in [2.75, 3.05) is 23.3 Å². The van der Waals surface area contributed by atoms with Crippen molar-refractivity contribution >= 4 is 43.4 Å². The molecule has 1 N–H and O–H groups in total. The van der Waals surface area contributed by atoms with E-state index in [4.69, 9.17) is 14.7 Å². The first-order valence-corrected chi connectivity index (χ1v) is 12.6. The van der Waals surface area contributed by atoms with Crippen LogP contribution in [0.3, 0.4) is 0 Å². The Labute approximate surface area is 198 Å². The van der Waals surface area contributed by atoms with E-state index in [0.29, 0.717) is 6.61 Å². The third kappa shape index (κ3) is 3.63. The summed E-state index contributed by atoms with van der Waals surface area (Å²) in [5.74, 6) is 1.99. The highest BCUT2D eigenvalue weighted by molar-refractivity contribution is 7.26. The second kappa shape index (κ2) is 7.92. The van der Waals surface area contributed by atoms with Crippen LogP contribution in [0.5, 0.6) is 0 Å². The van der Waals surface area contributed by atoms with Gasteiger partial charge in [0.2, 0.25) is 0 Å². The molecule has 6 nitrogen and oxygen atoms in total. The topological polar surface area (TPSA) is 63.2 Å². The quantitative estimate of drug-likeness (QED) is 0.412. The summed E-state index contributed by atoms with van der Waals surface area (Å²) in [6, 6.07) is 10.6. The van der Waals surface area contributed by atoms with Gasteiger partial charge in [0.15, 0.2) is 0 Å². The molecular formula is C26H29N5OS. The van der Waals surface area contributed by atoms with Crippen LogP contribution in [0.4, 0.5) is 11.6 Å². The number of fused-ring (bicyclic) bond motifs is 5. The molecule has 0 bridgehead atoms. The average molecular weight is 460 g/mol. The minimum Gasteiger partial charge on any atom is -0.370 e. The summed E-state index contributed by atoms with van der Waals surface area (Å²) in [6.07, 6.45) is 5.00. The van der Waals surface area contributed by atoms with Crippen LogP contribution in [0.1, 0.15) is 56.3 Å². The van der Waals surface area contributed by atoms with Gasteiger partial charge in [-0.15, -0.1) is 11.3 Å². The van der Waals surface area contributed by atoms with Crippen molar-refractivity contribution in [1.82, 2.24) is 15.0 Å². The van der Waals surface area contributed by atoms with E-state index in [1.54, 1.807) is 17.7 Å². The summed E-state index contributed by atoms with van der Waals surface area (Å²) in [6.45, 7) is 9.27. The molecule has 6 rings (SSSR count). The number of hydrogen-bond donors (Lipinski definition) is 1. The molecule has 3 aromatic heterocycles. The molecule has 5 heterocycles. The third-order valence-electron chi connectivity index (χ3n) is 6.86. The molecule has 1 saturated heterocycles. The van der Waals surface area contributed by atoms with Crippen LogP contribution < -0.4 is 10.2 Å². The molecule has 1 atom stereocenters. The molecule has 33 heavy (non-hydrogen) atoms. The lowest BCUT2D eigenvalue weighted by Gasteiger charge is -2.34. The predicted molar refractivity (Wildman–Crippen MR) is 135 cm³/mol. The van der Waals surface area contributed by atoms with E-state index in [1.807, 2.05) is 6.07 Å². The summed E-state index contributed by atoms with van der Waals surface area (Å²) in [4.78, 5) is 18.1. The van der Waals surface area contributed by atoms with Gasteiger partial charge in [-0.2, -0.15) is 0 Å². The smallest absolute Gasteiger partial charge is 0.148 e. The molecule has 2 aliphatic heterocycles. The Morgan fingerprint density at radius 2 is 1.88 bits per heavy atom. The number of thiophene rings is 1. The van der Waals surface area contributed by atoms with Gasteiger partial charge in [-0.3, -0.25) is 0 Å². The fourth-order valence-electron chi connectivity index (χ4n) is 5.11. The highest BCUT2D eigenvalue weighted by Crippen LogP contribution is 2.44. The molecule has 0 spiro atoms. The minimum absolute atomic E-state index is 0.142. The second-order valence-corrected chi connectivity index (χ2v) is 10.8. The Hall–Kier alpha value is -2.77. The van der Waals surface area contributed by atoms with Crippen LogP contribution in [-0.4, -0.2) is 33.6 Å². The number of anilines is 2. The largest absolute Gasteiger partial charge is 0.370 e. The molecule has 1 aromatic carbocycles. The maximum absolute atomic E-state index is 6.25. The SMILES string of the molecule is CC(Nc1ncnc2c1sc1nc(N3CCCC3)c3c(c12)CC(C)(C)OC3)c1ccccc1. The Morgan fingerprint density at radius 3 is 2.67 bits per heavy atom. The van der Waals surface area contributed by atoms with E-state index < -0.39 is 0 Å². The Balaban J connectivity index is 1.52. The number of benzene rings is 1. The maximum atomic E-state index is 6.25. The first kappa shape index (κ1) is 20.8. The molecule has 0 amide bonds. The van der Waals surface area contributed by atoms with Crippen molar-refractivity contribution in [3.8, 4) is 0 Å². The molecule has 7 heteroatoms. The first-order chi connectivity index (χ1) is 16.0. The standard InChI is InChI=1S/C26H29N5OS/c1-16(17-9-5-4-6-10-17)29-23-22-21(27-15-28-23)20-18-13-26(2,3)32-14-19(18)24(30-25(20)33-22)31-11-7-8-12-31/h4-6,9-10,15-16H,7-8,11-14H2,1-3H3,(H,27,28,29). The van der Waals surface area contributed by atoms with Gasteiger partial charge in [0.25, 0.3) is 0 Å². The minimum atomic E-state index is -0.201. The van der Waals surface area contributed by atoms with Gasteiger partial charge in [-0.05, 0) is 44.7 Å². The Kier molecular flexibility index (Phi) is 4.99. The van der Waals surface area contributed by atoms with E-state index in [1.165, 1.54) is 34.9 Å². The van der Waals surface area contributed by atoms with E-state index in [9.17, 15) is 0 Å². The molecule has 0 radical (unpaired) electrons. The van der Waals surface area contributed by atoms with Crippen LogP contribution >= 0.6 is 11.3 Å². The van der Waals surface area contributed by atoms with Gasteiger partial charge >= 0.3 is 0 Å². The zero-order chi connectivity index (χ0) is 22.6. The number of rotatable bonds is 4. The van der Waals surface area contributed by atoms with Crippen molar-refractivity contribution < 1.29 is 4.74 Å². The number of ether oxygens (including phenoxy) is 1. The zero-order valence-corrected chi connectivity index (χ0v) is 20.2. The van der Waals surface area contributed by atoms with Crippen LogP contribution in [0.2, 0.25) is 0 Å². The molecule has 2 aliphatic rings. The highest BCUT2D eigenvalue weighted by atomic mass is 32.1. The van der Waals surface area contributed by atoms with E-state index >= 15 is 0 Å². The number of nitrogens with one attached hydrogen (secondary N) is 1. The highest BCUT2D eigenvalue weighted by Gasteiger charge is 2.33. The zero-order valence-electron chi connectivity index (χ0n) is 19.4. The number of hydrogen-bond acceptors (Lipinski definition) is 7. The molecule has 0 aliphatic carbocycles. The predicted octanol–water partition coefficient (Wildman–Crippen LogP) is 5.86. The second-order valence-electron chi connectivity index (χ2n) is 9.77. The van der Waals surface area contributed by atoms with Crippen LogP contribution in [0.15, 0.2) is 36.7 Å². The van der Waals surface area contributed by atoms with Crippen molar-refractivity contribution in [2.24, 2.45) is 0 Å². The van der Waals surface area contributed by atoms with Crippen LogP contribution in [0.25, 0.3) is 20.4 Å². The lowest BCUT2D eigenvalue weighted by atomic mass is 9.90. The van der Waals surface area contributed by atoms with Crippen molar-refractivity contribution in [3.05, 3.63) is 53.3 Å². The molecule has 1 unspecified atom stereocenters. The van der Waals surface area contributed by atoms with Gasteiger partial charge in [0.05, 0.1) is 22.4 Å². The summed E-state index contributed by atoms with van der Waals surface area (Å²) >= 11 is 1.71. The van der Waals surface area contributed by atoms with Gasteiger partial charge in [0, 0.05) is 36.5 Å². The average Bonchev–Trinajstić information content (AvgIpc) is 3.47. The lowest BCUT2D eigenvalue weighted by Crippen LogP contribution is -2.33. The van der Waals surface area contributed by atoms with Gasteiger partial charge in [-0.25, -0.2) is 15.0 Å².